The van der Waals surface area contributed by atoms with E-state index in [1.165, 1.54) is 10.9 Å². The number of rotatable bonds is 4. The minimum atomic E-state index is -0.152. The van der Waals surface area contributed by atoms with Gasteiger partial charge in [0.1, 0.15) is 13.1 Å². The first kappa shape index (κ1) is 13.3. The van der Waals surface area contributed by atoms with Crippen LogP contribution in [0.3, 0.4) is 0 Å². The SMILES string of the molecule is Nc1ccc2ncn(COCc3ccccc3)c(=O)c2c1. The Morgan fingerprint density at radius 1 is 1.14 bits per heavy atom. The van der Waals surface area contributed by atoms with Crippen molar-refractivity contribution in [1.29, 1.82) is 0 Å². The predicted octanol–water partition coefficient (Wildman–Crippen LogP) is 2.15. The molecule has 0 atom stereocenters. The van der Waals surface area contributed by atoms with Crippen LogP contribution in [0.2, 0.25) is 0 Å². The molecule has 0 aliphatic heterocycles. The van der Waals surface area contributed by atoms with Gasteiger partial charge in [0, 0.05) is 5.69 Å². The van der Waals surface area contributed by atoms with Crippen LogP contribution in [0.15, 0.2) is 59.7 Å². The molecule has 0 aliphatic rings. The van der Waals surface area contributed by atoms with Crippen molar-refractivity contribution in [3.8, 4) is 0 Å². The third-order valence-corrected chi connectivity index (χ3v) is 3.19. The van der Waals surface area contributed by atoms with Gasteiger partial charge in [-0.2, -0.15) is 0 Å². The molecule has 1 aromatic heterocycles. The lowest BCUT2D eigenvalue weighted by Crippen LogP contribution is -2.22. The summed E-state index contributed by atoms with van der Waals surface area (Å²) in [5.41, 5.74) is 7.80. The third kappa shape index (κ3) is 2.93. The number of benzene rings is 2. The van der Waals surface area contributed by atoms with E-state index in [0.717, 1.165) is 5.56 Å². The second-order valence-electron chi connectivity index (χ2n) is 4.76. The third-order valence-electron chi connectivity index (χ3n) is 3.19. The highest BCUT2D eigenvalue weighted by Gasteiger charge is 2.04. The van der Waals surface area contributed by atoms with Gasteiger partial charge >= 0.3 is 0 Å². The molecule has 0 bridgehead atoms. The lowest BCUT2D eigenvalue weighted by molar-refractivity contribution is 0.0614. The van der Waals surface area contributed by atoms with E-state index in [2.05, 4.69) is 4.98 Å². The fraction of sp³-hybridized carbons (Fsp3) is 0.125. The number of nitrogens with two attached hydrogens (primary N) is 1. The van der Waals surface area contributed by atoms with Crippen LogP contribution in [0.4, 0.5) is 5.69 Å². The lowest BCUT2D eigenvalue weighted by atomic mass is 10.2. The highest BCUT2D eigenvalue weighted by Crippen LogP contribution is 2.11. The molecule has 21 heavy (non-hydrogen) atoms. The average Bonchev–Trinajstić information content (AvgIpc) is 2.51. The van der Waals surface area contributed by atoms with Gasteiger partial charge in [-0.05, 0) is 23.8 Å². The summed E-state index contributed by atoms with van der Waals surface area (Å²) < 4.78 is 6.99. The zero-order valence-corrected chi connectivity index (χ0v) is 11.4. The van der Waals surface area contributed by atoms with Crippen molar-refractivity contribution < 1.29 is 4.74 Å². The number of anilines is 1. The van der Waals surface area contributed by atoms with Gasteiger partial charge in [-0.3, -0.25) is 9.36 Å². The molecule has 0 spiro atoms. The van der Waals surface area contributed by atoms with Crippen molar-refractivity contribution >= 4 is 16.6 Å². The van der Waals surface area contributed by atoms with Gasteiger partial charge in [0.2, 0.25) is 0 Å². The van der Waals surface area contributed by atoms with Crippen LogP contribution in [-0.4, -0.2) is 9.55 Å². The van der Waals surface area contributed by atoms with Gasteiger partial charge in [-0.25, -0.2) is 4.98 Å². The summed E-state index contributed by atoms with van der Waals surface area (Å²) in [6.07, 6.45) is 1.49. The Hall–Kier alpha value is -2.66. The number of nitrogens with zero attached hydrogens (tertiary/aromatic N) is 2. The molecule has 0 aliphatic carbocycles. The Labute approximate surface area is 121 Å². The molecule has 3 aromatic rings. The molecule has 106 valence electrons. The molecule has 3 rings (SSSR count). The number of ether oxygens (including phenoxy) is 1. The lowest BCUT2D eigenvalue weighted by Gasteiger charge is -2.08. The van der Waals surface area contributed by atoms with Crippen LogP contribution in [0.25, 0.3) is 10.9 Å². The van der Waals surface area contributed by atoms with Crippen LogP contribution < -0.4 is 11.3 Å². The van der Waals surface area contributed by atoms with E-state index < -0.39 is 0 Å². The molecule has 5 nitrogen and oxygen atoms in total. The fourth-order valence-corrected chi connectivity index (χ4v) is 2.10. The summed E-state index contributed by atoms with van der Waals surface area (Å²) in [4.78, 5) is 16.5. The molecule has 0 unspecified atom stereocenters. The maximum Gasteiger partial charge on any atom is 0.263 e. The van der Waals surface area contributed by atoms with E-state index in [-0.39, 0.29) is 12.3 Å². The molecule has 0 saturated carbocycles. The van der Waals surface area contributed by atoms with Crippen LogP contribution in [0.1, 0.15) is 5.56 Å². The maximum absolute atomic E-state index is 12.3. The largest absolute Gasteiger partial charge is 0.399 e. The summed E-state index contributed by atoms with van der Waals surface area (Å²) in [5.74, 6) is 0. The van der Waals surface area contributed by atoms with E-state index in [0.29, 0.717) is 23.2 Å². The van der Waals surface area contributed by atoms with Gasteiger partial charge in [-0.15, -0.1) is 0 Å². The number of nitrogen functional groups attached to an aromatic ring is 1. The topological polar surface area (TPSA) is 70.1 Å². The monoisotopic (exact) mass is 281 g/mol. The molecule has 0 fully saturated rings. The summed E-state index contributed by atoms with van der Waals surface area (Å²) in [7, 11) is 0. The minimum absolute atomic E-state index is 0.152. The summed E-state index contributed by atoms with van der Waals surface area (Å²) in [6.45, 7) is 0.605. The van der Waals surface area contributed by atoms with Crippen molar-refractivity contribution in [3.05, 3.63) is 70.8 Å². The zero-order valence-electron chi connectivity index (χ0n) is 11.4. The van der Waals surface area contributed by atoms with Gasteiger partial charge in [0.05, 0.1) is 17.5 Å². The van der Waals surface area contributed by atoms with Crippen molar-refractivity contribution in [2.45, 2.75) is 13.3 Å². The molecule has 0 saturated heterocycles. The van der Waals surface area contributed by atoms with E-state index in [4.69, 9.17) is 10.5 Å². The normalized spacial score (nSPS) is 10.9. The van der Waals surface area contributed by atoms with Crippen molar-refractivity contribution in [1.82, 2.24) is 9.55 Å². The van der Waals surface area contributed by atoms with Crippen molar-refractivity contribution in [2.24, 2.45) is 0 Å². The molecular formula is C16H15N3O2. The number of aromatic nitrogens is 2. The first-order valence-corrected chi connectivity index (χ1v) is 6.60. The Kier molecular flexibility index (Phi) is 3.66. The first-order valence-electron chi connectivity index (χ1n) is 6.60. The summed E-state index contributed by atoms with van der Waals surface area (Å²) in [6, 6.07) is 14.9. The summed E-state index contributed by atoms with van der Waals surface area (Å²) in [5, 5.41) is 0.501. The average molecular weight is 281 g/mol. The van der Waals surface area contributed by atoms with E-state index >= 15 is 0 Å². The molecule has 5 heteroatoms. The van der Waals surface area contributed by atoms with Gasteiger partial charge in [0.15, 0.2) is 0 Å². The van der Waals surface area contributed by atoms with Crippen molar-refractivity contribution in [3.63, 3.8) is 0 Å². The smallest absolute Gasteiger partial charge is 0.263 e. The predicted molar refractivity (Wildman–Crippen MR) is 81.6 cm³/mol. The minimum Gasteiger partial charge on any atom is -0.399 e. The molecule has 1 heterocycles. The molecule has 2 aromatic carbocycles. The zero-order chi connectivity index (χ0) is 14.7. The second-order valence-corrected chi connectivity index (χ2v) is 4.76. The first-order chi connectivity index (χ1) is 10.2. The maximum atomic E-state index is 12.3. The van der Waals surface area contributed by atoms with E-state index in [9.17, 15) is 4.79 Å². The second kappa shape index (κ2) is 5.76. The van der Waals surface area contributed by atoms with Gasteiger partial charge in [0.25, 0.3) is 5.56 Å². The Morgan fingerprint density at radius 2 is 1.95 bits per heavy atom. The van der Waals surface area contributed by atoms with Gasteiger partial charge in [-0.1, -0.05) is 30.3 Å². The number of hydrogen-bond donors (Lipinski definition) is 1. The van der Waals surface area contributed by atoms with Gasteiger partial charge < -0.3 is 10.5 Å². The number of hydrogen-bond acceptors (Lipinski definition) is 4. The molecule has 0 radical (unpaired) electrons. The fourth-order valence-electron chi connectivity index (χ4n) is 2.10. The van der Waals surface area contributed by atoms with E-state index in [1.807, 2.05) is 30.3 Å². The number of fused-ring (bicyclic) bond motifs is 1. The molecule has 0 amide bonds. The Bertz CT molecular complexity index is 813. The summed E-state index contributed by atoms with van der Waals surface area (Å²) >= 11 is 0. The van der Waals surface area contributed by atoms with Crippen molar-refractivity contribution in [2.75, 3.05) is 5.73 Å². The highest BCUT2D eigenvalue weighted by molar-refractivity contribution is 5.80. The van der Waals surface area contributed by atoms with Crippen LogP contribution in [0.5, 0.6) is 0 Å². The van der Waals surface area contributed by atoms with Crippen LogP contribution >= 0.6 is 0 Å². The van der Waals surface area contributed by atoms with Crippen LogP contribution in [-0.2, 0) is 18.1 Å². The molecular weight excluding hydrogens is 266 g/mol. The highest BCUT2D eigenvalue weighted by atomic mass is 16.5. The Morgan fingerprint density at radius 3 is 2.76 bits per heavy atom. The van der Waals surface area contributed by atoms with E-state index in [1.54, 1.807) is 18.2 Å². The quantitative estimate of drug-likeness (QED) is 0.744. The van der Waals surface area contributed by atoms with Crippen LogP contribution in [0, 0.1) is 0 Å². The molecule has 2 N–H and O–H groups in total. The standard InChI is InChI=1S/C16H15N3O2/c17-13-6-7-15-14(8-13)16(20)19(10-18-15)11-21-9-12-4-2-1-3-5-12/h1-8,10H,9,11,17H2. The Balaban J connectivity index is 1.78.